The second-order valence-corrected chi connectivity index (χ2v) is 7.19. The van der Waals surface area contributed by atoms with Gasteiger partial charge in [-0.05, 0) is 73.5 Å². The van der Waals surface area contributed by atoms with Crippen molar-refractivity contribution in [2.24, 2.45) is 0 Å². The van der Waals surface area contributed by atoms with Crippen molar-refractivity contribution < 1.29 is 19.1 Å². The quantitative estimate of drug-likeness (QED) is 0.379. The highest BCUT2D eigenvalue weighted by atomic mass is 16.5. The molecule has 0 saturated carbocycles. The first-order valence-electron chi connectivity index (χ1n) is 11.1. The van der Waals surface area contributed by atoms with Gasteiger partial charge >= 0.3 is 0 Å². The van der Waals surface area contributed by atoms with Crippen LogP contribution in [-0.2, 0) is 9.59 Å². The van der Waals surface area contributed by atoms with Crippen molar-refractivity contribution in [2.45, 2.75) is 13.8 Å². The Bertz CT molecular complexity index is 1060. The molecule has 0 aliphatic carbocycles. The van der Waals surface area contributed by atoms with Gasteiger partial charge in [0.1, 0.15) is 11.5 Å². The fourth-order valence-corrected chi connectivity index (χ4v) is 3.08. The molecule has 0 heterocycles. The predicted octanol–water partition coefficient (Wildman–Crippen LogP) is 5.79. The van der Waals surface area contributed by atoms with Gasteiger partial charge < -0.3 is 20.1 Å². The van der Waals surface area contributed by atoms with Crippen LogP contribution in [0.25, 0.3) is 12.2 Å². The number of hydrogen-bond donors (Lipinski definition) is 2. The summed E-state index contributed by atoms with van der Waals surface area (Å²) in [7, 11) is 0. The van der Waals surface area contributed by atoms with Gasteiger partial charge in [-0.1, -0.05) is 36.4 Å². The van der Waals surface area contributed by atoms with Crippen LogP contribution < -0.4 is 20.1 Å². The fraction of sp³-hybridized carbons (Fsp3) is 0.143. The Morgan fingerprint density at radius 3 is 1.38 bits per heavy atom. The fourth-order valence-electron chi connectivity index (χ4n) is 3.08. The molecular formula is C28H28N2O4. The Balaban J connectivity index is 1.59. The van der Waals surface area contributed by atoms with E-state index in [0.29, 0.717) is 24.6 Å². The maximum absolute atomic E-state index is 12.4. The number of amides is 2. The first-order valence-corrected chi connectivity index (χ1v) is 11.1. The number of ether oxygens (including phenoxy) is 2. The minimum Gasteiger partial charge on any atom is -0.494 e. The van der Waals surface area contributed by atoms with E-state index in [1.54, 1.807) is 36.4 Å². The van der Waals surface area contributed by atoms with E-state index in [2.05, 4.69) is 10.6 Å². The Morgan fingerprint density at radius 1 is 0.647 bits per heavy atom. The molecule has 0 radical (unpaired) electrons. The molecule has 0 aliphatic rings. The van der Waals surface area contributed by atoms with Gasteiger partial charge in [-0.15, -0.1) is 0 Å². The summed E-state index contributed by atoms with van der Waals surface area (Å²) in [6, 6.07) is 22.0. The molecule has 0 atom stereocenters. The SMILES string of the molecule is CCOc1ccc(/C=C/C(=O)Nc2ccccc2NC(=O)/C=C/c2ccc(OCC)cc2)cc1. The molecule has 0 unspecified atom stereocenters. The number of hydrogen-bond acceptors (Lipinski definition) is 4. The van der Waals surface area contributed by atoms with Gasteiger partial charge in [-0.2, -0.15) is 0 Å². The van der Waals surface area contributed by atoms with Crippen molar-refractivity contribution in [3.05, 3.63) is 96.1 Å². The van der Waals surface area contributed by atoms with E-state index in [4.69, 9.17) is 9.47 Å². The average molecular weight is 457 g/mol. The van der Waals surface area contributed by atoms with Gasteiger partial charge in [0.05, 0.1) is 24.6 Å². The number of carbonyl (C=O) groups excluding carboxylic acids is 2. The van der Waals surface area contributed by atoms with Crippen LogP contribution in [0, 0.1) is 0 Å². The molecule has 3 rings (SSSR count). The predicted molar refractivity (Wildman–Crippen MR) is 137 cm³/mol. The summed E-state index contributed by atoms with van der Waals surface area (Å²) < 4.78 is 10.8. The zero-order chi connectivity index (χ0) is 24.2. The molecule has 3 aromatic rings. The lowest BCUT2D eigenvalue weighted by Crippen LogP contribution is -2.13. The molecule has 174 valence electrons. The molecule has 34 heavy (non-hydrogen) atoms. The first-order chi connectivity index (χ1) is 16.6. The molecule has 2 N–H and O–H groups in total. The Hall–Kier alpha value is -4.32. The summed E-state index contributed by atoms with van der Waals surface area (Å²) in [6.07, 6.45) is 6.32. The Labute approximate surface area is 199 Å². The molecule has 6 heteroatoms. The van der Waals surface area contributed by atoms with Gasteiger partial charge in [-0.3, -0.25) is 9.59 Å². The Kier molecular flexibility index (Phi) is 9.05. The molecule has 2 amide bonds. The molecule has 6 nitrogen and oxygen atoms in total. The highest BCUT2D eigenvalue weighted by Crippen LogP contribution is 2.21. The van der Waals surface area contributed by atoms with Gasteiger partial charge in [0, 0.05) is 12.2 Å². The number of benzene rings is 3. The molecule has 0 bridgehead atoms. The normalized spacial score (nSPS) is 10.9. The van der Waals surface area contributed by atoms with Crippen LogP contribution in [-0.4, -0.2) is 25.0 Å². The summed E-state index contributed by atoms with van der Waals surface area (Å²) in [5, 5.41) is 5.61. The molecular weight excluding hydrogens is 428 g/mol. The largest absolute Gasteiger partial charge is 0.494 e. The van der Waals surface area contributed by atoms with Crippen LogP contribution in [0.4, 0.5) is 11.4 Å². The number of nitrogens with one attached hydrogen (secondary N) is 2. The summed E-state index contributed by atoms with van der Waals surface area (Å²) in [6.45, 7) is 5.06. The smallest absolute Gasteiger partial charge is 0.248 e. The van der Waals surface area contributed by atoms with Gasteiger partial charge in [-0.25, -0.2) is 0 Å². The highest BCUT2D eigenvalue weighted by molar-refractivity contribution is 6.07. The van der Waals surface area contributed by atoms with Crippen molar-refractivity contribution in [3.63, 3.8) is 0 Å². The maximum atomic E-state index is 12.4. The third kappa shape index (κ3) is 7.67. The minimum absolute atomic E-state index is 0.305. The van der Waals surface area contributed by atoms with E-state index in [1.807, 2.05) is 62.4 Å². The van der Waals surface area contributed by atoms with Crippen LogP contribution in [0.3, 0.4) is 0 Å². The lowest BCUT2D eigenvalue weighted by Gasteiger charge is -2.10. The van der Waals surface area contributed by atoms with Crippen molar-refractivity contribution in [3.8, 4) is 11.5 Å². The van der Waals surface area contributed by atoms with E-state index >= 15 is 0 Å². The monoisotopic (exact) mass is 456 g/mol. The van der Waals surface area contributed by atoms with E-state index in [0.717, 1.165) is 22.6 Å². The second-order valence-electron chi connectivity index (χ2n) is 7.19. The lowest BCUT2D eigenvalue weighted by molar-refractivity contribution is -0.112. The summed E-state index contributed by atoms with van der Waals surface area (Å²) in [5.74, 6) is 0.955. The van der Waals surface area contributed by atoms with Crippen molar-refractivity contribution in [2.75, 3.05) is 23.8 Å². The number of anilines is 2. The standard InChI is InChI=1S/C28H28N2O4/c1-3-33-23-15-9-21(10-16-23)13-19-27(31)29-25-7-5-6-8-26(25)30-28(32)20-14-22-11-17-24(18-12-22)34-4-2/h5-20H,3-4H2,1-2H3,(H,29,31)(H,30,32)/b19-13+,20-14+. The summed E-state index contributed by atoms with van der Waals surface area (Å²) >= 11 is 0. The van der Waals surface area contributed by atoms with E-state index in [1.165, 1.54) is 12.2 Å². The first kappa shape index (κ1) is 24.3. The van der Waals surface area contributed by atoms with Crippen molar-refractivity contribution >= 4 is 35.3 Å². The summed E-state index contributed by atoms with van der Waals surface area (Å²) in [5.41, 5.74) is 2.76. The zero-order valence-corrected chi connectivity index (χ0v) is 19.3. The van der Waals surface area contributed by atoms with Gasteiger partial charge in [0.2, 0.25) is 11.8 Å². The van der Waals surface area contributed by atoms with Crippen LogP contribution in [0.15, 0.2) is 84.9 Å². The van der Waals surface area contributed by atoms with Crippen LogP contribution in [0.2, 0.25) is 0 Å². The highest BCUT2D eigenvalue weighted by Gasteiger charge is 2.06. The van der Waals surface area contributed by atoms with Crippen LogP contribution in [0.1, 0.15) is 25.0 Å². The van der Waals surface area contributed by atoms with Gasteiger partial charge in [0.15, 0.2) is 0 Å². The van der Waals surface area contributed by atoms with E-state index < -0.39 is 0 Å². The number of rotatable bonds is 10. The number of carbonyl (C=O) groups is 2. The van der Waals surface area contributed by atoms with Gasteiger partial charge in [0.25, 0.3) is 0 Å². The molecule has 0 saturated heterocycles. The van der Waals surface area contributed by atoms with Crippen LogP contribution in [0.5, 0.6) is 11.5 Å². The topological polar surface area (TPSA) is 76.7 Å². The van der Waals surface area contributed by atoms with E-state index in [9.17, 15) is 9.59 Å². The molecule has 0 aliphatic heterocycles. The second kappa shape index (κ2) is 12.6. The lowest BCUT2D eigenvalue weighted by atomic mass is 10.2. The van der Waals surface area contributed by atoms with E-state index in [-0.39, 0.29) is 11.8 Å². The molecule has 3 aromatic carbocycles. The number of para-hydroxylation sites is 2. The van der Waals surface area contributed by atoms with Crippen LogP contribution >= 0.6 is 0 Å². The third-order valence-electron chi connectivity index (χ3n) is 4.68. The minimum atomic E-state index is -0.305. The zero-order valence-electron chi connectivity index (χ0n) is 19.3. The summed E-state index contributed by atoms with van der Waals surface area (Å²) in [4.78, 5) is 24.8. The Morgan fingerprint density at radius 2 is 1.03 bits per heavy atom. The molecule has 0 aromatic heterocycles. The van der Waals surface area contributed by atoms with Crippen molar-refractivity contribution in [1.29, 1.82) is 0 Å². The maximum Gasteiger partial charge on any atom is 0.248 e. The molecule has 0 spiro atoms. The molecule has 0 fully saturated rings. The average Bonchev–Trinajstić information content (AvgIpc) is 2.85. The third-order valence-corrected chi connectivity index (χ3v) is 4.68. The van der Waals surface area contributed by atoms with Crippen molar-refractivity contribution in [1.82, 2.24) is 0 Å².